The molecule has 14 nitrogen and oxygen atoms in total. The number of rotatable bonds is 16. The fourth-order valence-electron chi connectivity index (χ4n) is 7.86. The molecule has 2 aliphatic rings. The second-order valence-corrected chi connectivity index (χ2v) is 15.9. The van der Waals surface area contributed by atoms with Crippen molar-refractivity contribution in [1.82, 2.24) is 33.6 Å². The lowest BCUT2D eigenvalue weighted by Crippen LogP contribution is -2.51. The number of allylic oxidation sites excluding steroid dienone is 3. The second kappa shape index (κ2) is 19.6. The maximum atomic E-state index is 14.7. The van der Waals surface area contributed by atoms with E-state index in [4.69, 9.17) is 31.2 Å². The lowest BCUT2D eigenvalue weighted by atomic mass is 10.1. The topological polar surface area (TPSA) is 141 Å². The molecule has 0 atom stereocenters. The van der Waals surface area contributed by atoms with E-state index in [1.54, 1.807) is 4.90 Å². The van der Waals surface area contributed by atoms with E-state index in [0.29, 0.717) is 48.2 Å². The highest BCUT2D eigenvalue weighted by Gasteiger charge is 2.33. The SMILES string of the molecule is C=C(Cn1c(CC)c(N2CCN(C(=O)c3nc4n(c(=O)c3OCc3ccccc3)CCOC4)CC2)c(=O)n2nc(/C(=C/CCCC)CCC)nc12)Nc1ccc(C(F)(F)F)cc1Cl. The second-order valence-electron chi connectivity index (χ2n) is 15.5. The van der Waals surface area contributed by atoms with Crippen molar-refractivity contribution < 1.29 is 27.4 Å². The first-order valence-electron chi connectivity index (χ1n) is 21.3. The molecule has 18 heteroatoms. The standard InChI is InChI=1S/C45H51ClF3N9O5/c1-5-8-10-16-31(13-6-2)40-52-44-57(26-29(4)50-34-18-17-32(25-33(34)46)45(47,48)49)35(7-3)38(42(60)58(44)53-40)54-19-21-55(22-20-54)41(59)37-39(63-27-30-14-11-9-12-15-30)43(61)56-23-24-62-28-36(56)51-37/h9,11-12,14-18,25,50H,4-8,10,13,19-24,26-28H2,1-3H3/b31-16+. The lowest BCUT2D eigenvalue weighted by molar-refractivity contribution is -0.137. The Balaban J connectivity index is 1.22. The number of aromatic nitrogens is 6. The number of halogens is 4. The van der Waals surface area contributed by atoms with E-state index in [0.717, 1.165) is 49.0 Å². The summed E-state index contributed by atoms with van der Waals surface area (Å²) in [5.74, 6) is 0.448. The molecule has 2 aromatic carbocycles. The van der Waals surface area contributed by atoms with Crippen LogP contribution in [-0.4, -0.2) is 72.3 Å². The Labute approximate surface area is 367 Å². The molecule has 2 aliphatic heterocycles. The minimum absolute atomic E-state index is 0.0611. The highest BCUT2D eigenvalue weighted by molar-refractivity contribution is 6.33. The number of ether oxygens (including phenoxy) is 2. The number of nitrogens with zero attached hydrogens (tertiary/aromatic N) is 8. The summed E-state index contributed by atoms with van der Waals surface area (Å²) < 4.78 is 56.5. The van der Waals surface area contributed by atoms with E-state index >= 15 is 0 Å². The van der Waals surface area contributed by atoms with Gasteiger partial charge in [0.25, 0.3) is 17.0 Å². The van der Waals surface area contributed by atoms with Gasteiger partial charge in [-0.15, -0.1) is 5.10 Å². The van der Waals surface area contributed by atoms with Gasteiger partial charge < -0.3 is 29.2 Å². The van der Waals surface area contributed by atoms with Crippen molar-refractivity contribution >= 4 is 40.2 Å². The summed E-state index contributed by atoms with van der Waals surface area (Å²) in [6.45, 7) is 12.0. The Kier molecular flexibility index (Phi) is 14.0. The van der Waals surface area contributed by atoms with Gasteiger partial charge in [-0.3, -0.25) is 19.0 Å². The Hall–Kier alpha value is -5.94. The summed E-state index contributed by atoms with van der Waals surface area (Å²) in [5, 5.41) is 7.72. The monoisotopic (exact) mass is 889 g/mol. The van der Waals surface area contributed by atoms with Crippen LogP contribution in [0, 0.1) is 0 Å². The van der Waals surface area contributed by atoms with E-state index in [2.05, 4.69) is 36.8 Å². The third-order valence-electron chi connectivity index (χ3n) is 11.1. The summed E-state index contributed by atoms with van der Waals surface area (Å²) in [6.07, 6.45) is 2.32. The molecule has 5 aromatic rings. The van der Waals surface area contributed by atoms with Gasteiger partial charge in [-0.1, -0.05) is 94.6 Å². The highest BCUT2D eigenvalue weighted by Crippen LogP contribution is 2.34. The van der Waals surface area contributed by atoms with Crippen molar-refractivity contribution in [1.29, 1.82) is 0 Å². The number of carbonyl (C=O) groups excluding carboxylic acids is 1. The summed E-state index contributed by atoms with van der Waals surface area (Å²) >= 11 is 6.31. The molecule has 3 aromatic heterocycles. The van der Waals surface area contributed by atoms with Gasteiger partial charge >= 0.3 is 6.18 Å². The van der Waals surface area contributed by atoms with E-state index in [1.165, 1.54) is 15.1 Å². The molecule has 0 saturated carbocycles. The zero-order chi connectivity index (χ0) is 44.8. The number of unbranched alkanes of at least 4 members (excludes halogenated alkanes) is 2. The fourth-order valence-corrected chi connectivity index (χ4v) is 8.09. The van der Waals surface area contributed by atoms with Gasteiger partial charge in [-0.05, 0) is 48.6 Å². The van der Waals surface area contributed by atoms with Crippen molar-refractivity contribution in [2.75, 3.05) is 43.0 Å². The van der Waals surface area contributed by atoms with Crippen LogP contribution in [0.2, 0.25) is 5.02 Å². The Morgan fingerprint density at radius 1 is 1.00 bits per heavy atom. The number of carbonyl (C=O) groups is 1. The summed E-state index contributed by atoms with van der Waals surface area (Å²) in [5.41, 5.74) is 1.54. The van der Waals surface area contributed by atoms with Crippen molar-refractivity contribution in [2.45, 2.75) is 91.8 Å². The van der Waals surface area contributed by atoms with Crippen LogP contribution in [0.25, 0.3) is 11.4 Å². The predicted molar refractivity (Wildman–Crippen MR) is 235 cm³/mol. The number of piperazine rings is 1. The molecule has 1 saturated heterocycles. The highest BCUT2D eigenvalue weighted by atomic mass is 35.5. The molecule has 0 radical (unpaired) electrons. The molecule has 1 N–H and O–H groups in total. The average Bonchev–Trinajstić information content (AvgIpc) is 3.73. The third-order valence-corrected chi connectivity index (χ3v) is 11.4. The number of benzene rings is 2. The van der Waals surface area contributed by atoms with Gasteiger partial charge in [-0.25, -0.2) is 4.98 Å². The first-order valence-corrected chi connectivity index (χ1v) is 21.7. The first-order chi connectivity index (χ1) is 30.3. The Morgan fingerprint density at radius 2 is 1.76 bits per heavy atom. The summed E-state index contributed by atoms with van der Waals surface area (Å²) in [6, 6.07) is 12.4. The number of anilines is 2. The molecule has 0 bridgehead atoms. The number of amides is 1. The van der Waals surface area contributed by atoms with Gasteiger partial charge in [0.1, 0.15) is 24.7 Å². The van der Waals surface area contributed by atoms with Crippen molar-refractivity contribution in [3.63, 3.8) is 0 Å². The number of fused-ring (bicyclic) bond motifs is 2. The molecule has 1 fully saturated rings. The molecule has 334 valence electrons. The Morgan fingerprint density at radius 3 is 2.44 bits per heavy atom. The minimum atomic E-state index is -4.56. The smallest absolute Gasteiger partial charge is 0.416 e. The van der Waals surface area contributed by atoms with Gasteiger partial charge in [0.05, 0.1) is 41.7 Å². The predicted octanol–water partition coefficient (Wildman–Crippen LogP) is 7.75. The van der Waals surface area contributed by atoms with Crippen LogP contribution in [0.1, 0.15) is 91.8 Å². The molecular formula is C45H51ClF3N9O5. The van der Waals surface area contributed by atoms with Gasteiger partial charge in [0.2, 0.25) is 11.5 Å². The van der Waals surface area contributed by atoms with Crippen LogP contribution in [0.5, 0.6) is 5.75 Å². The number of alkyl halides is 3. The first kappa shape index (κ1) is 45.1. The molecule has 0 aliphatic carbocycles. The van der Waals surface area contributed by atoms with Crippen LogP contribution in [0.4, 0.5) is 24.5 Å². The Bertz CT molecular complexity index is 2630. The van der Waals surface area contributed by atoms with E-state index < -0.39 is 23.2 Å². The number of nitrogens with one attached hydrogen (secondary N) is 1. The largest absolute Gasteiger partial charge is 0.481 e. The van der Waals surface area contributed by atoms with E-state index in [1.807, 2.05) is 46.7 Å². The number of hydrogen-bond acceptors (Lipinski definition) is 10. The van der Waals surface area contributed by atoms with Gasteiger partial charge in [-0.2, -0.15) is 22.7 Å². The third kappa shape index (κ3) is 9.84. The van der Waals surface area contributed by atoms with Crippen LogP contribution in [0.3, 0.4) is 0 Å². The fraction of sp³-hybridized carbons (Fsp3) is 0.422. The minimum Gasteiger partial charge on any atom is -0.481 e. The van der Waals surface area contributed by atoms with Crippen LogP contribution >= 0.6 is 11.6 Å². The van der Waals surface area contributed by atoms with Gasteiger partial charge in [0, 0.05) is 31.9 Å². The van der Waals surface area contributed by atoms with Gasteiger partial charge in [0.15, 0.2) is 11.5 Å². The molecule has 1 amide bonds. The molecule has 5 heterocycles. The van der Waals surface area contributed by atoms with Crippen LogP contribution in [0.15, 0.2) is 76.5 Å². The van der Waals surface area contributed by atoms with Crippen LogP contribution < -0.4 is 26.1 Å². The van der Waals surface area contributed by atoms with Crippen molar-refractivity contribution in [3.8, 4) is 5.75 Å². The van der Waals surface area contributed by atoms with E-state index in [-0.39, 0.29) is 86.0 Å². The van der Waals surface area contributed by atoms with Crippen molar-refractivity contribution in [3.05, 3.63) is 127 Å². The number of hydrogen-bond donors (Lipinski definition) is 1. The van der Waals surface area contributed by atoms with Crippen molar-refractivity contribution in [2.24, 2.45) is 0 Å². The summed E-state index contributed by atoms with van der Waals surface area (Å²) in [7, 11) is 0. The molecule has 0 unspecified atom stereocenters. The lowest BCUT2D eigenvalue weighted by Gasteiger charge is -2.37. The molecule has 0 spiro atoms. The van der Waals surface area contributed by atoms with E-state index in [9.17, 15) is 27.6 Å². The normalized spacial score (nSPS) is 14.6. The van der Waals surface area contributed by atoms with Crippen LogP contribution in [-0.2, 0) is 43.6 Å². The maximum Gasteiger partial charge on any atom is 0.416 e. The molecular weight excluding hydrogens is 839 g/mol. The summed E-state index contributed by atoms with van der Waals surface area (Å²) in [4.78, 5) is 55.8. The average molecular weight is 890 g/mol. The zero-order valence-corrected chi connectivity index (χ0v) is 36.4. The molecule has 7 rings (SSSR count). The maximum absolute atomic E-state index is 14.7. The molecule has 63 heavy (non-hydrogen) atoms. The quantitative estimate of drug-likeness (QED) is 0.0979. The zero-order valence-electron chi connectivity index (χ0n) is 35.6.